The highest BCUT2D eigenvalue weighted by Crippen LogP contribution is 2.28. The van der Waals surface area contributed by atoms with Crippen molar-refractivity contribution in [1.29, 1.82) is 0 Å². The van der Waals surface area contributed by atoms with Crippen molar-refractivity contribution in [3.63, 3.8) is 0 Å². The molecule has 1 amide bonds. The first-order valence-electron chi connectivity index (χ1n) is 10.2. The van der Waals surface area contributed by atoms with Crippen molar-refractivity contribution in [2.45, 2.75) is 38.3 Å². The van der Waals surface area contributed by atoms with Gasteiger partial charge in [0.2, 0.25) is 0 Å². The first-order valence-corrected chi connectivity index (χ1v) is 10.2. The summed E-state index contributed by atoms with van der Waals surface area (Å²) < 4.78 is 11.1. The second-order valence-electron chi connectivity index (χ2n) is 7.53. The second-order valence-corrected chi connectivity index (χ2v) is 7.53. The van der Waals surface area contributed by atoms with Crippen molar-refractivity contribution < 1.29 is 14.3 Å². The zero-order valence-corrected chi connectivity index (χ0v) is 16.9. The normalized spacial score (nSPS) is 19.5. The molecule has 0 radical (unpaired) electrons. The van der Waals surface area contributed by atoms with Gasteiger partial charge in [-0.25, -0.2) is 0 Å². The zero-order chi connectivity index (χ0) is 19.8. The summed E-state index contributed by atoms with van der Waals surface area (Å²) in [5.41, 5.74) is 1.86. The molecule has 2 N–H and O–H groups in total. The Morgan fingerprint density at radius 1 is 1.36 bits per heavy atom. The van der Waals surface area contributed by atoms with E-state index < -0.39 is 0 Å². The number of nitrogens with one attached hydrogen (secondary N) is 2. The fraction of sp³-hybridized carbons (Fsp3) is 0.619. The lowest BCUT2D eigenvalue weighted by Gasteiger charge is -2.22. The van der Waals surface area contributed by atoms with Crippen LogP contribution in [0.4, 0.5) is 5.69 Å². The van der Waals surface area contributed by atoms with Crippen LogP contribution in [0.2, 0.25) is 0 Å². The van der Waals surface area contributed by atoms with Crippen LogP contribution < -0.4 is 10.6 Å². The first-order chi connectivity index (χ1) is 13.7. The number of carbonyl (C=O) groups is 1. The van der Waals surface area contributed by atoms with E-state index in [2.05, 4.69) is 20.5 Å². The lowest BCUT2D eigenvalue weighted by molar-refractivity contribution is -0.124. The SMILES string of the molecule is CN=C(NCc1cccc(NC(=O)C2CCCO2)c1)N(C)CCOCC1CC1. The Hall–Kier alpha value is -2.12. The van der Waals surface area contributed by atoms with Crippen molar-refractivity contribution in [3.8, 4) is 0 Å². The van der Waals surface area contributed by atoms with Gasteiger partial charge in [0.1, 0.15) is 6.10 Å². The van der Waals surface area contributed by atoms with Crippen molar-refractivity contribution in [3.05, 3.63) is 29.8 Å². The number of guanidine groups is 1. The highest BCUT2D eigenvalue weighted by atomic mass is 16.5. The fourth-order valence-electron chi connectivity index (χ4n) is 3.17. The summed E-state index contributed by atoms with van der Waals surface area (Å²) in [6.45, 7) is 3.68. The van der Waals surface area contributed by atoms with Gasteiger partial charge in [0.25, 0.3) is 5.91 Å². The number of hydrogen-bond acceptors (Lipinski definition) is 4. The van der Waals surface area contributed by atoms with E-state index in [-0.39, 0.29) is 12.0 Å². The topological polar surface area (TPSA) is 75.2 Å². The Bertz CT molecular complexity index is 669. The van der Waals surface area contributed by atoms with Crippen LogP contribution in [0.15, 0.2) is 29.3 Å². The number of benzene rings is 1. The van der Waals surface area contributed by atoms with Gasteiger partial charge in [-0.1, -0.05) is 12.1 Å². The van der Waals surface area contributed by atoms with Gasteiger partial charge in [-0.15, -0.1) is 0 Å². The van der Waals surface area contributed by atoms with E-state index >= 15 is 0 Å². The Morgan fingerprint density at radius 3 is 2.93 bits per heavy atom. The molecule has 1 aliphatic carbocycles. The summed E-state index contributed by atoms with van der Waals surface area (Å²) in [4.78, 5) is 18.6. The minimum Gasteiger partial charge on any atom is -0.379 e. The fourth-order valence-corrected chi connectivity index (χ4v) is 3.17. The highest BCUT2D eigenvalue weighted by molar-refractivity contribution is 5.94. The second kappa shape index (κ2) is 10.4. The van der Waals surface area contributed by atoms with Crippen LogP contribution in [-0.2, 0) is 20.8 Å². The summed E-state index contributed by atoms with van der Waals surface area (Å²) in [7, 11) is 3.79. The van der Waals surface area contributed by atoms with E-state index in [0.29, 0.717) is 19.8 Å². The molecule has 0 spiro atoms. The van der Waals surface area contributed by atoms with Crippen LogP contribution in [-0.4, -0.2) is 63.3 Å². The predicted octanol–water partition coefficient (Wildman–Crippen LogP) is 2.24. The van der Waals surface area contributed by atoms with E-state index in [1.807, 2.05) is 31.3 Å². The van der Waals surface area contributed by atoms with Crippen LogP contribution in [0.3, 0.4) is 0 Å². The molecule has 0 bridgehead atoms. The summed E-state index contributed by atoms with van der Waals surface area (Å²) in [6.07, 6.45) is 4.04. The molecule has 3 rings (SSSR count). The van der Waals surface area contributed by atoms with Crippen LogP contribution >= 0.6 is 0 Å². The molecule has 1 aliphatic heterocycles. The van der Waals surface area contributed by atoms with Gasteiger partial charge in [0, 0.05) is 46.1 Å². The molecule has 1 heterocycles. The number of nitrogens with zero attached hydrogens (tertiary/aromatic N) is 2. The molecule has 1 atom stereocenters. The maximum atomic E-state index is 12.2. The number of carbonyl (C=O) groups excluding carboxylic acids is 1. The zero-order valence-electron chi connectivity index (χ0n) is 16.9. The Labute approximate surface area is 167 Å². The first kappa shape index (κ1) is 20.6. The maximum Gasteiger partial charge on any atom is 0.253 e. The van der Waals surface area contributed by atoms with Crippen LogP contribution in [0.25, 0.3) is 0 Å². The largest absolute Gasteiger partial charge is 0.379 e. The number of anilines is 1. The van der Waals surface area contributed by atoms with E-state index in [1.54, 1.807) is 7.05 Å². The molecule has 2 fully saturated rings. The summed E-state index contributed by atoms with van der Waals surface area (Å²) in [6, 6.07) is 7.85. The van der Waals surface area contributed by atoms with Gasteiger partial charge in [-0.3, -0.25) is 9.79 Å². The Kier molecular flexibility index (Phi) is 7.68. The molecule has 1 saturated heterocycles. The lowest BCUT2D eigenvalue weighted by atomic mass is 10.2. The van der Waals surface area contributed by atoms with E-state index in [4.69, 9.17) is 9.47 Å². The Balaban J connectivity index is 1.43. The Morgan fingerprint density at radius 2 is 2.21 bits per heavy atom. The molecule has 7 heteroatoms. The summed E-state index contributed by atoms with van der Waals surface area (Å²) in [5.74, 6) is 1.55. The van der Waals surface area contributed by atoms with E-state index in [9.17, 15) is 4.79 Å². The molecule has 1 unspecified atom stereocenters. The van der Waals surface area contributed by atoms with Gasteiger partial charge in [-0.05, 0) is 49.3 Å². The maximum absolute atomic E-state index is 12.2. The molecular formula is C21H32N4O3. The summed E-state index contributed by atoms with van der Waals surface area (Å²) in [5, 5.41) is 6.31. The molecule has 2 aliphatic rings. The third kappa shape index (κ3) is 6.49. The average molecular weight is 389 g/mol. The number of rotatable bonds is 9. The smallest absolute Gasteiger partial charge is 0.253 e. The van der Waals surface area contributed by atoms with Gasteiger partial charge in [-0.2, -0.15) is 0 Å². The van der Waals surface area contributed by atoms with Crippen LogP contribution in [0.1, 0.15) is 31.2 Å². The monoisotopic (exact) mass is 388 g/mol. The van der Waals surface area contributed by atoms with E-state index in [0.717, 1.165) is 49.1 Å². The van der Waals surface area contributed by atoms with Gasteiger partial charge in [0.05, 0.1) is 6.61 Å². The molecule has 1 saturated carbocycles. The van der Waals surface area contributed by atoms with Crippen molar-refractivity contribution >= 4 is 17.6 Å². The molecule has 7 nitrogen and oxygen atoms in total. The molecule has 1 aromatic rings. The van der Waals surface area contributed by atoms with E-state index in [1.165, 1.54) is 12.8 Å². The third-order valence-corrected chi connectivity index (χ3v) is 5.06. The number of aliphatic imine (C=N–C) groups is 1. The molecule has 1 aromatic carbocycles. The van der Waals surface area contributed by atoms with Crippen molar-refractivity contribution in [2.24, 2.45) is 10.9 Å². The minimum absolute atomic E-state index is 0.0654. The molecule has 0 aromatic heterocycles. The van der Waals surface area contributed by atoms with Crippen LogP contribution in [0.5, 0.6) is 0 Å². The minimum atomic E-state index is -0.323. The number of likely N-dealkylation sites (N-methyl/N-ethyl adjacent to an activating group) is 1. The standard InChI is InChI=1S/C21H32N4O3/c1-22-21(25(2)10-12-27-15-16-8-9-16)23-14-17-5-3-6-18(13-17)24-20(26)19-7-4-11-28-19/h3,5-6,13,16,19H,4,7-12,14-15H2,1-2H3,(H,22,23)(H,24,26). The van der Waals surface area contributed by atoms with Crippen molar-refractivity contribution in [2.75, 3.05) is 45.8 Å². The van der Waals surface area contributed by atoms with Gasteiger partial charge < -0.3 is 25.0 Å². The predicted molar refractivity (Wildman–Crippen MR) is 110 cm³/mol. The third-order valence-electron chi connectivity index (χ3n) is 5.06. The molecule has 154 valence electrons. The van der Waals surface area contributed by atoms with Gasteiger partial charge in [0.15, 0.2) is 5.96 Å². The number of amides is 1. The highest BCUT2D eigenvalue weighted by Gasteiger charge is 2.23. The molecular weight excluding hydrogens is 356 g/mol. The average Bonchev–Trinajstić information content (AvgIpc) is 3.35. The van der Waals surface area contributed by atoms with Crippen LogP contribution in [0, 0.1) is 5.92 Å². The summed E-state index contributed by atoms with van der Waals surface area (Å²) >= 11 is 0. The van der Waals surface area contributed by atoms with Crippen molar-refractivity contribution in [1.82, 2.24) is 10.2 Å². The number of hydrogen-bond donors (Lipinski definition) is 2. The molecule has 28 heavy (non-hydrogen) atoms. The quantitative estimate of drug-likeness (QED) is 0.386. The lowest BCUT2D eigenvalue weighted by Crippen LogP contribution is -2.40. The van der Waals surface area contributed by atoms with Gasteiger partial charge >= 0.3 is 0 Å². The number of ether oxygens (including phenoxy) is 2.